The van der Waals surface area contributed by atoms with Crippen LogP contribution in [0, 0.1) is 0 Å². The van der Waals surface area contributed by atoms with Crippen molar-refractivity contribution in [3.63, 3.8) is 0 Å². The number of carboxylic acid groups (broad SMARTS) is 1. The fraction of sp³-hybridized carbons (Fsp3) is 0.312. The molecule has 128 valence electrons. The second kappa shape index (κ2) is 6.61. The van der Waals surface area contributed by atoms with E-state index in [4.69, 9.17) is 14.6 Å². The van der Waals surface area contributed by atoms with Crippen molar-refractivity contribution in [1.82, 2.24) is 4.90 Å². The maximum absolute atomic E-state index is 12.2. The van der Waals surface area contributed by atoms with Gasteiger partial charge in [-0.15, -0.1) is 0 Å². The van der Waals surface area contributed by atoms with E-state index in [2.05, 4.69) is 0 Å². The molecule has 0 fully saturated rings. The third kappa shape index (κ3) is 2.90. The van der Waals surface area contributed by atoms with Gasteiger partial charge in [-0.1, -0.05) is 0 Å². The van der Waals surface area contributed by atoms with E-state index in [0.717, 1.165) is 4.90 Å². The lowest BCUT2D eigenvalue weighted by atomic mass is 9.95. The summed E-state index contributed by atoms with van der Waals surface area (Å²) in [5.74, 6) is -2.66. The molecule has 0 spiro atoms. The summed E-state index contributed by atoms with van der Waals surface area (Å²) in [5, 5.41) is 19.1. The summed E-state index contributed by atoms with van der Waals surface area (Å²) in [6, 6.07) is 3.65. The van der Waals surface area contributed by atoms with Crippen LogP contribution in [-0.4, -0.2) is 53.5 Å². The topological polar surface area (TPSA) is 113 Å². The van der Waals surface area contributed by atoms with E-state index in [0.29, 0.717) is 17.1 Å². The molecule has 0 saturated carbocycles. The number of carbonyl (C=O) groups excluding carboxylic acids is 2. The Kier molecular flexibility index (Phi) is 4.77. The number of aliphatic hydroxyl groups is 1. The third-order valence-corrected chi connectivity index (χ3v) is 3.72. The van der Waals surface area contributed by atoms with Gasteiger partial charge in [0.2, 0.25) is 0 Å². The van der Waals surface area contributed by atoms with Crippen LogP contribution in [-0.2, 0) is 14.4 Å². The number of carbonyl (C=O) groups is 3. The monoisotopic (exact) mass is 335 g/mol. The highest BCUT2D eigenvalue weighted by molar-refractivity contribution is 6.08. The number of benzene rings is 1. The Bertz CT molecular complexity index is 738. The lowest BCUT2D eigenvalue weighted by Crippen LogP contribution is -2.35. The summed E-state index contributed by atoms with van der Waals surface area (Å²) < 4.78 is 10.4. The standard InChI is InChI=1S/C16H17NO7/c1-8(18)13-14(17(7-12(19)20)16(22)15(13)21)10-5-4-9(23-2)6-11(10)24-3/h4-6,14,21H,7H2,1-3H3,(H,19,20)/t14-/m1/s1. The predicted octanol–water partition coefficient (Wildman–Crippen LogP) is 1.07. The average molecular weight is 335 g/mol. The Morgan fingerprint density at radius 3 is 2.42 bits per heavy atom. The summed E-state index contributed by atoms with van der Waals surface area (Å²) >= 11 is 0. The van der Waals surface area contributed by atoms with Gasteiger partial charge in [0.15, 0.2) is 11.5 Å². The highest BCUT2D eigenvalue weighted by Crippen LogP contribution is 2.42. The number of carboxylic acids is 1. The summed E-state index contributed by atoms with van der Waals surface area (Å²) in [7, 11) is 2.87. The number of ether oxygens (including phenoxy) is 2. The van der Waals surface area contributed by atoms with Crippen LogP contribution >= 0.6 is 0 Å². The number of rotatable bonds is 6. The predicted molar refractivity (Wildman–Crippen MR) is 82.0 cm³/mol. The van der Waals surface area contributed by atoms with Crippen molar-refractivity contribution < 1.29 is 34.1 Å². The van der Waals surface area contributed by atoms with Gasteiger partial charge in [-0.3, -0.25) is 14.4 Å². The maximum atomic E-state index is 12.2. The van der Waals surface area contributed by atoms with Crippen molar-refractivity contribution >= 4 is 17.7 Å². The molecule has 0 aromatic heterocycles. The van der Waals surface area contributed by atoms with E-state index >= 15 is 0 Å². The Balaban J connectivity index is 2.63. The number of nitrogens with zero attached hydrogens (tertiary/aromatic N) is 1. The first kappa shape index (κ1) is 17.3. The van der Waals surface area contributed by atoms with Crippen molar-refractivity contribution in [3.8, 4) is 11.5 Å². The molecule has 1 aromatic rings. The molecule has 1 aliphatic heterocycles. The largest absolute Gasteiger partial charge is 0.503 e. The first-order chi connectivity index (χ1) is 11.3. The number of amides is 1. The molecule has 1 atom stereocenters. The smallest absolute Gasteiger partial charge is 0.323 e. The molecule has 8 heteroatoms. The fourth-order valence-electron chi connectivity index (χ4n) is 2.69. The lowest BCUT2D eigenvalue weighted by Gasteiger charge is -2.26. The quantitative estimate of drug-likeness (QED) is 0.799. The Morgan fingerprint density at radius 2 is 1.92 bits per heavy atom. The van der Waals surface area contributed by atoms with Gasteiger partial charge in [-0.05, 0) is 19.1 Å². The molecule has 1 heterocycles. The molecular weight excluding hydrogens is 318 g/mol. The second-order valence-electron chi connectivity index (χ2n) is 5.16. The normalized spacial score (nSPS) is 17.2. The van der Waals surface area contributed by atoms with Gasteiger partial charge in [-0.25, -0.2) is 0 Å². The molecular formula is C16H17NO7. The zero-order valence-electron chi connectivity index (χ0n) is 13.4. The highest BCUT2D eigenvalue weighted by Gasteiger charge is 2.44. The molecule has 24 heavy (non-hydrogen) atoms. The van der Waals surface area contributed by atoms with Crippen LogP contribution < -0.4 is 9.47 Å². The average Bonchev–Trinajstić information content (AvgIpc) is 2.78. The van der Waals surface area contributed by atoms with Crippen LogP contribution in [0.4, 0.5) is 0 Å². The highest BCUT2D eigenvalue weighted by atomic mass is 16.5. The second-order valence-corrected chi connectivity index (χ2v) is 5.16. The summed E-state index contributed by atoms with van der Waals surface area (Å²) in [5.41, 5.74) is 0.215. The minimum Gasteiger partial charge on any atom is -0.503 e. The lowest BCUT2D eigenvalue weighted by molar-refractivity contribution is -0.144. The Morgan fingerprint density at radius 1 is 1.25 bits per heavy atom. The van der Waals surface area contributed by atoms with Gasteiger partial charge in [0.1, 0.15) is 18.0 Å². The molecule has 0 unspecified atom stereocenters. The van der Waals surface area contributed by atoms with Crippen LogP contribution in [0.3, 0.4) is 0 Å². The Labute approximate surface area is 137 Å². The third-order valence-electron chi connectivity index (χ3n) is 3.72. The number of hydrogen-bond donors (Lipinski definition) is 2. The number of methoxy groups -OCH3 is 2. The number of aliphatic hydroxyl groups excluding tert-OH is 1. The summed E-state index contributed by atoms with van der Waals surface area (Å²) in [6.07, 6.45) is 0. The Hall–Kier alpha value is -3.03. The molecule has 1 aromatic carbocycles. The van der Waals surface area contributed by atoms with Crippen molar-refractivity contribution in [2.45, 2.75) is 13.0 Å². The van der Waals surface area contributed by atoms with Crippen molar-refractivity contribution in [2.75, 3.05) is 20.8 Å². The van der Waals surface area contributed by atoms with Crippen LogP contribution in [0.15, 0.2) is 29.5 Å². The van der Waals surface area contributed by atoms with E-state index in [-0.39, 0.29) is 5.57 Å². The maximum Gasteiger partial charge on any atom is 0.323 e. The molecule has 2 rings (SSSR count). The van der Waals surface area contributed by atoms with Crippen LogP contribution in [0.2, 0.25) is 0 Å². The molecule has 8 nitrogen and oxygen atoms in total. The van der Waals surface area contributed by atoms with E-state index < -0.39 is 36.0 Å². The van der Waals surface area contributed by atoms with Gasteiger partial charge < -0.3 is 24.6 Å². The van der Waals surface area contributed by atoms with E-state index in [9.17, 15) is 19.5 Å². The van der Waals surface area contributed by atoms with Gasteiger partial charge in [0.25, 0.3) is 5.91 Å². The van der Waals surface area contributed by atoms with Gasteiger partial charge >= 0.3 is 5.97 Å². The summed E-state index contributed by atoms with van der Waals surface area (Å²) in [4.78, 5) is 36.1. The fourth-order valence-corrected chi connectivity index (χ4v) is 2.69. The molecule has 1 amide bonds. The molecule has 1 aliphatic rings. The van der Waals surface area contributed by atoms with Gasteiger partial charge in [0, 0.05) is 11.6 Å². The number of Topliss-reactive ketones (excluding diaryl/α,β-unsaturated/α-hetero) is 1. The van der Waals surface area contributed by atoms with Crippen molar-refractivity contribution in [3.05, 3.63) is 35.1 Å². The molecule has 0 bridgehead atoms. The van der Waals surface area contributed by atoms with Crippen molar-refractivity contribution in [2.24, 2.45) is 0 Å². The van der Waals surface area contributed by atoms with Crippen LogP contribution in [0.1, 0.15) is 18.5 Å². The van der Waals surface area contributed by atoms with E-state index in [1.807, 2.05) is 0 Å². The zero-order chi connectivity index (χ0) is 18.0. The number of hydrogen-bond acceptors (Lipinski definition) is 6. The summed E-state index contributed by atoms with van der Waals surface area (Å²) in [6.45, 7) is 0.533. The van der Waals surface area contributed by atoms with Crippen LogP contribution in [0.25, 0.3) is 0 Å². The molecule has 0 saturated heterocycles. The molecule has 0 radical (unpaired) electrons. The van der Waals surface area contributed by atoms with Gasteiger partial charge in [-0.2, -0.15) is 0 Å². The molecule has 0 aliphatic carbocycles. The minimum atomic E-state index is -1.27. The molecule has 2 N–H and O–H groups in total. The van der Waals surface area contributed by atoms with Gasteiger partial charge in [0.05, 0.1) is 25.8 Å². The van der Waals surface area contributed by atoms with Crippen LogP contribution in [0.5, 0.6) is 11.5 Å². The SMILES string of the molecule is COc1ccc([C@@H]2C(C(C)=O)=C(O)C(=O)N2CC(=O)O)c(OC)c1. The number of ketones is 1. The first-order valence-electron chi connectivity index (χ1n) is 7.00. The van der Waals surface area contributed by atoms with E-state index in [1.54, 1.807) is 18.2 Å². The van der Waals surface area contributed by atoms with Crippen molar-refractivity contribution in [1.29, 1.82) is 0 Å². The zero-order valence-corrected chi connectivity index (χ0v) is 13.4. The first-order valence-corrected chi connectivity index (χ1v) is 7.00. The minimum absolute atomic E-state index is 0.162. The van der Waals surface area contributed by atoms with E-state index in [1.165, 1.54) is 21.1 Å². The number of aliphatic carboxylic acids is 1.